The molecule has 0 spiro atoms. The van der Waals surface area contributed by atoms with Crippen molar-refractivity contribution < 1.29 is 24.5 Å². The molecule has 1 unspecified atom stereocenters. The lowest BCUT2D eigenvalue weighted by molar-refractivity contribution is -1.08. The molecule has 1 saturated carbocycles. The Morgan fingerprint density at radius 1 is 1.29 bits per heavy atom. The minimum atomic E-state index is -0.954. The van der Waals surface area contributed by atoms with E-state index in [2.05, 4.69) is 19.9 Å². The third-order valence-electron chi connectivity index (χ3n) is 5.81. The highest BCUT2D eigenvalue weighted by atomic mass is 32.2. The van der Waals surface area contributed by atoms with Gasteiger partial charge in [-0.3, -0.25) is 4.84 Å². The number of likely N-dealkylation sites (N-methyl/N-ethyl adjacent to an activating group) is 1. The van der Waals surface area contributed by atoms with Gasteiger partial charge in [0.2, 0.25) is 0 Å². The highest BCUT2D eigenvalue weighted by Gasteiger charge is 2.63. The lowest BCUT2D eigenvalue weighted by Gasteiger charge is -2.36. The standard InChI is InChI=1S/C22H34NO4S/c1-14(2)12-17-19(22(17,3)4)21(26)27-23(5,6)18(13-24)20(25)15-8-10-16(28-7)11-9-15/h8-12,17-20,24-25H,13H2,1-7H3/q+1/t17-,18-,19+,20?/m1/s1. The third kappa shape index (κ3) is 4.79. The fourth-order valence-electron chi connectivity index (χ4n) is 3.81. The monoisotopic (exact) mass is 408 g/mol. The molecule has 0 amide bonds. The molecular weight excluding hydrogens is 374 g/mol. The van der Waals surface area contributed by atoms with E-state index in [1.54, 1.807) is 25.9 Å². The summed E-state index contributed by atoms with van der Waals surface area (Å²) < 4.78 is -0.241. The second kappa shape index (κ2) is 8.57. The smallest absolute Gasteiger partial charge is 0.370 e. The molecule has 156 valence electrons. The molecule has 6 heteroatoms. The molecule has 1 aliphatic carbocycles. The zero-order chi connectivity index (χ0) is 21.3. The SMILES string of the molecule is CSc1ccc(C(O)[C@@H](CO)[N+](C)(C)OC(=O)[C@@H]2[C@@H](C=C(C)C)C2(C)C)cc1. The van der Waals surface area contributed by atoms with Crippen molar-refractivity contribution in [2.45, 2.75) is 44.7 Å². The van der Waals surface area contributed by atoms with Crippen LogP contribution in [0.25, 0.3) is 0 Å². The quantitative estimate of drug-likeness (QED) is 0.298. The average molecular weight is 409 g/mol. The van der Waals surface area contributed by atoms with Crippen LogP contribution in [0.4, 0.5) is 0 Å². The van der Waals surface area contributed by atoms with Crippen LogP contribution in [0.15, 0.2) is 40.8 Å². The van der Waals surface area contributed by atoms with Gasteiger partial charge in [0.05, 0.1) is 5.92 Å². The second-order valence-electron chi connectivity index (χ2n) is 8.88. The number of carbonyl (C=O) groups is 1. The first kappa shape index (κ1) is 22.9. The van der Waals surface area contributed by atoms with Crippen molar-refractivity contribution in [3.05, 3.63) is 41.5 Å². The fraction of sp³-hybridized carbons (Fsp3) is 0.591. The maximum atomic E-state index is 12.9. The number of thioether (sulfide) groups is 1. The maximum absolute atomic E-state index is 12.9. The van der Waals surface area contributed by atoms with Crippen molar-refractivity contribution in [1.82, 2.24) is 0 Å². The minimum Gasteiger partial charge on any atom is -0.390 e. The predicted molar refractivity (Wildman–Crippen MR) is 112 cm³/mol. The van der Waals surface area contributed by atoms with Gasteiger partial charge in [-0.2, -0.15) is 0 Å². The zero-order valence-corrected chi connectivity index (χ0v) is 18.8. The number of nitrogens with zero attached hydrogens (tertiary/aromatic N) is 1. The minimum absolute atomic E-state index is 0.144. The van der Waals surface area contributed by atoms with Crippen LogP contribution in [-0.2, 0) is 9.63 Å². The third-order valence-corrected chi connectivity index (χ3v) is 6.55. The first-order valence-electron chi connectivity index (χ1n) is 9.60. The summed E-state index contributed by atoms with van der Waals surface area (Å²) in [7, 11) is 3.40. The highest BCUT2D eigenvalue weighted by molar-refractivity contribution is 7.98. The van der Waals surface area contributed by atoms with Gasteiger partial charge in [-0.15, -0.1) is 16.4 Å². The van der Waals surface area contributed by atoms with Gasteiger partial charge in [-0.05, 0) is 49.1 Å². The molecule has 0 aromatic heterocycles. The summed E-state index contributed by atoms with van der Waals surface area (Å²) in [6.45, 7) is 7.87. The van der Waals surface area contributed by atoms with Gasteiger partial charge in [0.15, 0.2) is 6.04 Å². The van der Waals surface area contributed by atoms with E-state index in [1.165, 1.54) is 5.57 Å². The summed E-state index contributed by atoms with van der Waals surface area (Å²) in [4.78, 5) is 19.7. The number of aliphatic hydroxyl groups excluding tert-OH is 2. The number of carbonyl (C=O) groups excluding carboxylic acids is 1. The van der Waals surface area contributed by atoms with Crippen LogP contribution in [0, 0.1) is 17.3 Å². The van der Waals surface area contributed by atoms with E-state index < -0.39 is 12.1 Å². The lowest BCUT2D eigenvalue weighted by atomic mass is 10.0. The van der Waals surface area contributed by atoms with Gasteiger partial charge in [0, 0.05) is 4.90 Å². The Hall–Kier alpha value is -1.34. The summed E-state index contributed by atoms with van der Waals surface area (Å²) in [5.74, 6) is -0.348. The van der Waals surface area contributed by atoms with E-state index in [0.29, 0.717) is 5.56 Å². The van der Waals surface area contributed by atoms with Crippen molar-refractivity contribution in [2.24, 2.45) is 17.3 Å². The van der Waals surface area contributed by atoms with Crippen LogP contribution < -0.4 is 0 Å². The lowest BCUT2D eigenvalue weighted by Crippen LogP contribution is -2.54. The molecule has 4 atom stereocenters. The molecule has 1 aromatic rings. The zero-order valence-electron chi connectivity index (χ0n) is 18.0. The van der Waals surface area contributed by atoms with Crippen molar-refractivity contribution in [2.75, 3.05) is 27.0 Å². The molecule has 28 heavy (non-hydrogen) atoms. The summed E-state index contributed by atoms with van der Waals surface area (Å²) in [5, 5.41) is 20.8. The number of rotatable bonds is 8. The molecule has 2 rings (SSSR count). The molecular formula is C22H34NO4S+. The van der Waals surface area contributed by atoms with Gasteiger partial charge in [-0.25, -0.2) is 4.79 Å². The summed E-state index contributed by atoms with van der Waals surface area (Å²) in [6.07, 6.45) is 3.16. The van der Waals surface area contributed by atoms with Crippen LogP contribution in [-0.4, -0.2) is 53.8 Å². The van der Waals surface area contributed by atoms with E-state index in [4.69, 9.17) is 4.84 Å². The van der Waals surface area contributed by atoms with Gasteiger partial charge in [0.1, 0.15) is 26.8 Å². The number of hydrogen-bond donors (Lipinski definition) is 2. The molecule has 0 radical (unpaired) electrons. The second-order valence-corrected chi connectivity index (χ2v) is 9.76. The maximum Gasteiger partial charge on any atom is 0.370 e. The van der Waals surface area contributed by atoms with Gasteiger partial charge >= 0.3 is 5.97 Å². The number of hydroxylamine groups is 3. The first-order valence-corrected chi connectivity index (χ1v) is 10.8. The van der Waals surface area contributed by atoms with Crippen LogP contribution >= 0.6 is 11.8 Å². The van der Waals surface area contributed by atoms with E-state index in [9.17, 15) is 15.0 Å². The van der Waals surface area contributed by atoms with Crippen molar-refractivity contribution >= 4 is 17.7 Å². The molecule has 1 fully saturated rings. The van der Waals surface area contributed by atoms with Crippen LogP contribution in [0.2, 0.25) is 0 Å². The van der Waals surface area contributed by atoms with Crippen LogP contribution in [0.5, 0.6) is 0 Å². The summed E-state index contributed by atoms with van der Waals surface area (Å²) in [6, 6.07) is 6.86. The normalized spacial score (nSPS) is 22.9. The molecule has 0 saturated heterocycles. The molecule has 0 heterocycles. The number of quaternary nitrogens is 1. The molecule has 0 bridgehead atoms. The topological polar surface area (TPSA) is 66.8 Å². The Labute approximate surface area is 172 Å². The number of aliphatic hydroxyl groups is 2. The first-order chi connectivity index (χ1) is 13.0. The highest BCUT2D eigenvalue weighted by Crippen LogP contribution is 2.60. The van der Waals surface area contributed by atoms with Crippen LogP contribution in [0.3, 0.4) is 0 Å². The molecule has 5 nitrogen and oxygen atoms in total. The van der Waals surface area contributed by atoms with Gasteiger partial charge < -0.3 is 10.2 Å². The fourth-order valence-corrected chi connectivity index (χ4v) is 4.22. The summed E-state index contributed by atoms with van der Waals surface area (Å²) in [5.41, 5.74) is 1.72. The molecule has 0 aliphatic heterocycles. The van der Waals surface area contributed by atoms with E-state index in [-0.39, 0.29) is 34.5 Å². The molecule has 2 N–H and O–H groups in total. The van der Waals surface area contributed by atoms with E-state index in [1.807, 2.05) is 44.4 Å². The predicted octanol–water partition coefficient (Wildman–Crippen LogP) is 3.58. The number of benzene rings is 1. The van der Waals surface area contributed by atoms with Crippen molar-refractivity contribution in [3.63, 3.8) is 0 Å². The summed E-state index contributed by atoms with van der Waals surface area (Å²) >= 11 is 1.62. The van der Waals surface area contributed by atoms with Crippen molar-refractivity contribution in [1.29, 1.82) is 0 Å². The Kier molecular flexibility index (Phi) is 7.03. The molecule has 1 aliphatic rings. The average Bonchev–Trinajstić information content (AvgIpc) is 3.14. The Morgan fingerprint density at radius 3 is 2.32 bits per heavy atom. The molecule has 1 aromatic carbocycles. The van der Waals surface area contributed by atoms with Crippen molar-refractivity contribution in [3.8, 4) is 0 Å². The Balaban J connectivity index is 2.14. The number of allylic oxidation sites excluding steroid dienone is 2. The largest absolute Gasteiger partial charge is 0.390 e. The van der Waals surface area contributed by atoms with Crippen LogP contribution in [0.1, 0.15) is 39.4 Å². The van der Waals surface area contributed by atoms with E-state index >= 15 is 0 Å². The Morgan fingerprint density at radius 2 is 1.86 bits per heavy atom. The van der Waals surface area contributed by atoms with Gasteiger partial charge in [-0.1, -0.05) is 37.6 Å². The Bertz CT molecular complexity index is 723. The van der Waals surface area contributed by atoms with Gasteiger partial charge in [0.25, 0.3) is 0 Å². The van der Waals surface area contributed by atoms with E-state index in [0.717, 1.165) is 4.90 Å². The number of hydrogen-bond acceptors (Lipinski definition) is 5.